The van der Waals surface area contributed by atoms with E-state index >= 15 is 0 Å². The van der Waals surface area contributed by atoms with Crippen LogP contribution in [-0.4, -0.2) is 14.5 Å². The van der Waals surface area contributed by atoms with Crippen LogP contribution in [0.3, 0.4) is 0 Å². The predicted molar refractivity (Wildman–Crippen MR) is 81.2 cm³/mol. The highest BCUT2D eigenvalue weighted by Gasteiger charge is 2.19. The van der Waals surface area contributed by atoms with Gasteiger partial charge in [-0.15, -0.1) is 0 Å². The average Bonchev–Trinajstić information content (AvgIpc) is 2.91. The molecule has 2 aromatic heterocycles. The molecule has 2 heterocycles. The molecule has 0 fully saturated rings. The van der Waals surface area contributed by atoms with E-state index in [2.05, 4.69) is 51.2 Å². The van der Waals surface area contributed by atoms with Gasteiger partial charge < -0.3 is 9.55 Å². The molecule has 3 aromatic rings. The summed E-state index contributed by atoms with van der Waals surface area (Å²) in [7, 11) is 0. The van der Waals surface area contributed by atoms with Crippen molar-refractivity contribution in [3.63, 3.8) is 0 Å². The van der Waals surface area contributed by atoms with Crippen LogP contribution >= 0.6 is 0 Å². The first kappa shape index (κ1) is 12.1. The van der Waals surface area contributed by atoms with E-state index in [-0.39, 0.29) is 5.69 Å². The third kappa shape index (κ3) is 2.18. The third-order valence-electron chi connectivity index (χ3n) is 3.99. The Morgan fingerprint density at radius 1 is 1.10 bits per heavy atom. The second-order valence-corrected chi connectivity index (χ2v) is 5.44. The van der Waals surface area contributed by atoms with Crippen molar-refractivity contribution in [2.75, 3.05) is 0 Å². The lowest BCUT2D eigenvalue weighted by Gasteiger charge is -2.14. The van der Waals surface area contributed by atoms with Gasteiger partial charge in [0.1, 0.15) is 0 Å². The van der Waals surface area contributed by atoms with Gasteiger partial charge in [0.2, 0.25) is 0 Å². The highest BCUT2D eigenvalue weighted by molar-refractivity contribution is 5.68. The van der Waals surface area contributed by atoms with Crippen LogP contribution in [0.25, 0.3) is 11.3 Å². The van der Waals surface area contributed by atoms with Crippen molar-refractivity contribution in [1.29, 1.82) is 0 Å². The van der Waals surface area contributed by atoms with Crippen LogP contribution in [0, 0.1) is 0 Å². The Labute approximate surface area is 122 Å². The SMILES string of the molecule is O=c1ncc2c([nH]1)-c1cn(Cc3ccccc3)cc1CC2. The molecule has 104 valence electrons. The topological polar surface area (TPSA) is 50.7 Å². The fourth-order valence-electron chi connectivity index (χ4n) is 2.99. The van der Waals surface area contributed by atoms with Crippen molar-refractivity contribution in [1.82, 2.24) is 14.5 Å². The summed E-state index contributed by atoms with van der Waals surface area (Å²) in [6.45, 7) is 0.846. The molecule has 4 nitrogen and oxygen atoms in total. The van der Waals surface area contributed by atoms with E-state index in [0.717, 1.165) is 36.2 Å². The van der Waals surface area contributed by atoms with E-state index < -0.39 is 0 Å². The van der Waals surface area contributed by atoms with E-state index in [1.807, 2.05) is 6.07 Å². The highest BCUT2D eigenvalue weighted by atomic mass is 16.1. The summed E-state index contributed by atoms with van der Waals surface area (Å²) < 4.78 is 2.19. The van der Waals surface area contributed by atoms with Crippen molar-refractivity contribution >= 4 is 0 Å². The normalized spacial score (nSPS) is 12.8. The molecule has 1 aliphatic carbocycles. The number of rotatable bonds is 2. The summed E-state index contributed by atoms with van der Waals surface area (Å²) in [6.07, 6.45) is 7.94. The number of hydrogen-bond donors (Lipinski definition) is 1. The van der Waals surface area contributed by atoms with Gasteiger partial charge in [0.25, 0.3) is 0 Å². The zero-order chi connectivity index (χ0) is 14.2. The van der Waals surface area contributed by atoms with Crippen LogP contribution in [0.15, 0.2) is 53.7 Å². The van der Waals surface area contributed by atoms with E-state index in [1.165, 1.54) is 11.1 Å². The Morgan fingerprint density at radius 3 is 2.76 bits per heavy atom. The lowest BCUT2D eigenvalue weighted by Crippen LogP contribution is -2.15. The molecule has 0 saturated carbocycles. The molecular formula is C17H15N3O. The van der Waals surface area contributed by atoms with Crippen molar-refractivity contribution < 1.29 is 0 Å². The fourth-order valence-corrected chi connectivity index (χ4v) is 2.99. The molecule has 21 heavy (non-hydrogen) atoms. The van der Waals surface area contributed by atoms with Gasteiger partial charge in [-0.05, 0) is 29.5 Å². The first-order valence-corrected chi connectivity index (χ1v) is 7.11. The quantitative estimate of drug-likeness (QED) is 0.782. The van der Waals surface area contributed by atoms with Crippen LogP contribution in [0.2, 0.25) is 0 Å². The van der Waals surface area contributed by atoms with E-state index in [0.29, 0.717) is 0 Å². The second-order valence-electron chi connectivity index (χ2n) is 5.44. The fraction of sp³-hybridized carbons (Fsp3) is 0.176. The van der Waals surface area contributed by atoms with Gasteiger partial charge in [-0.3, -0.25) is 0 Å². The number of benzene rings is 1. The summed E-state index contributed by atoms with van der Waals surface area (Å²) in [5.74, 6) is 0. The number of fused-ring (bicyclic) bond motifs is 3. The number of nitrogens with zero attached hydrogens (tertiary/aromatic N) is 2. The molecule has 0 amide bonds. The molecule has 0 spiro atoms. The molecule has 0 unspecified atom stereocenters. The number of hydrogen-bond acceptors (Lipinski definition) is 2. The van der Waals surface area contributed by atoms with Crippen LogP contribution in [-0.2, 0) is 19.4 Å². The van der Waals surface area contributed by atoms with Crippen LogP contribution in [0.4, 0.5) is 0 Å². The molecule has 1 aliphatic rings. The molecule has 1 aromatic carbocycles. The van der Waals surface area contributed by atoms with Crippen molar-refractivity contribution in [2.24, 2.45) is 0 Å². The number of aromatic amines is 1. The van der Waals surface area contributed by atoms with Crippen molar-refractivity contribution in [2.45, 2.75) is 19.4 Å². The van der Waals surface area contributed by atoms with Crippen molar-refractivity contribution in [3.8, 4) is 11.3 Å². The maximum atomic E-state index is 11.5. The predicted octanol–water partition coefficient (Wildman–Crippen LogP) is 2.39. The minimum Gasteiger partial charge on any atom is -0.349 e. The molecule has 0 saturated heterocycles. The number of aryl methyl sites for hydroxylation is 2. The second kappa shape index (κ2) is 4.74. The Bertz CT molecular complexity index is 846. The third-order valence-corrected chi connectivity index (χ3v) is 3.99. The molecule has 0 radical (unpaired) electrons. The van der Waals surface area contributed by atoms with Gasteiger partial charge in [-0.1, -0.05) is 30.3 Å². The largest absolute Gasteiger partial charge is 0.349 e. The van der Waals surface area contributed by atoms with E-state index in [4.69, 9.17) is 0 Å². The Morgan fingerprint density at radius 2 is 1.90 bits per heavy atom. The maximum Gasteiger partial charge on any atom is 0.345 e. The molecule has 0 aliphatic heterocycles. The number of nitrogens with one attached hydrogen (secondary N) is 1. The molecule has 0 bridgehead atoms. The van der Waals surface area contributed by atoms with Gasteiger partial charge in [0, 0.05) is 30.7 Å². The molecule has 4 rings (SSSR count). The van der Waals surface area contributed by atoms with Gasteiger partial charge in [-0.25, -0.2) is 9.78 Å². The lowest BCUT2D eigenvalue weighted by atomic mass is 9.93. The van der Waals surface area contributed by atoms with Gasteiger partial charge in [0.15, 0.2) is 0 Å². The van der Waals surface area contributed by atoms with Crippen LogP contribution in [0.5, 0.6) is 0 Å². The summed E-state index contributed by atoms with van der Waals surface area (Å²) in [5, 5.41) is 0. The summed E-state index contributed by atoms with van der Waals surface area (Å²) in [4.78, 5) is 18.2. The first-order chi connectivity index (χ1) is 10.3. The first-order valence-electron chi connectivity index (χ1n) is 7.11. The molecule has 0 atom stereocenters. The zero-order valence-corrected chi connectivity index (χ0v) is 11.5. The molecule has 4 heteroatoms. The summed E-state index contributed by atoms with van der Waals surface area (Å²) >= 11 is 0. The number of H-pyrrole nitrogens is 1. The van der Waals surface area contributed by atoms with E-state index in [1.54, 1.807) is 6.20 Å². The van der Waals surface area contributed by atoms with Gasteiger partial charge in [0.05, 0.1) is 5.69 Å². The minimum atomic E-state index is -0.280. The monoisotopic (exact) mass is 277 g/mol. The molecule has 1 N–H and O–H groups in total. The Kier molecular flexibility index (Phi) is 2.74. The summed E-state index contributed by atoms with van der Waals surface area (Å²) in [6, 6.07) is 10.4. The van der Waals surface area contributed by atoms with Crippen LogP contribution in [0.1, 0.15) is 16.7 Å². The average molecular weight is 277 g/mol. The van der Waals surface area contributed by atoms with Gasteiger partial charge in [-0.2, -0.15) is 0 Å². The number of aromatic nitrogens is 3. The summed E-state index contributed by atoms with van der Waals surface area (Å²) in [5.41, 5.74) is 5.47. The van der Waals surface area contributed by atoms with Crippen LogP contribution < -0.4 is 5.69 Å². The van der Waals surface area contributed by atoms with E-state index in [9.17, 15) is 4.79 Å². The minimum absolute atomic E-state index is 0.280. The van der Waals surface area contributed by atoms with Gasteiger partial charge >= 0.3 is 5.69 Å². The smallest absolute Gasteiger partial charge is 0.345 e. The van der Waals surface area contributed by atoms with Crippen molar-refractivity contribution in [3.05, 3.63) is 76.1 Å². The standard InChI is InChI=1S/C17H15N3O/c21-17-18-8-13-6-7-14-10-20(11-15(14)16(13)19-17)9-12-4-2-1-3-5-12/h1-5,8,10-11H,6-7,9H2,(H,18,19,21). The Hall–Kier alpha value is -2.62. The highest BCUT2D eigenvalue weighted by Crippen LogP contribution is 2.31. The maximum absolute atomic E-state index is 11.5. The zero-order valence-electron chi connectivity index (χ0n) is 11.5. The Balaban J connectivity index is 1.75. The molecular weight excluding hydrogens is 262 g/mol. The lowest BCUT2D eigenvalue weighted by molar-refractivity contribution is 0.801.